The molecule has 1 aliphatic rings. The largest absolute Gasteiger partial charge is 0.480 e. The topological polar surface area (TPSA) is 82.1 Å². The molecule has 0 aliphatic carbocycles. The first-order chi connectivity index (χ1) is 13.9. The molecule has 154 valence electrons. The van der Waals surface area contributed by atoms with Gasteiger partial charge in [-0.1, -0.05) is 23.2 Å². The normalized spacial score (nSPS) is 13.8. The zero-order chi connectivity index (χ0) is 20.8. The number of halogens is 2. The number of ether oxygens (including phenoxy) is 1. The van der Waals surface area contributed by atoms with Crippen LogP contribution in [0.4, 0.5) is 17.1 Å². The van der Waals surface area contributed by atoms with Gasteiger partial charge >= 0.3 is 5.97 Å². The molecule has 1 saturated heterocycles. The molecule has 0 aromatic heterocycles. The zero-order valence-electron chi connectivity index (χ0n) is 15.6. The molecular weight excluding hydrogens is 417 g/mol. The molecule has 1 aliphatic heterocycles. The van der Waals surface area contributed by atoms with Gasteiger partial charge in [-0.15, -0.1) is 0 Å². The minimum atomic E-state index is -1.03. The molecule has 0 radical (unpaired) electrons. The lowest BCUT2D eigenvalue weighted by molar-refractivity contribution is -0.135. The van der Waals surface area contributed by atoms with Crippen molar-refractivity contribution in [2.75, 3.05) is 54.5 Å². The summed E-state index contributed by atoms with van der Waals surface area (Å²) in [7, 11) is 0. The number of carbonyl (C=O) groups excluding carboxylic acids is 1. The van der Waals surface area contributed by atoms with E-state index in [1.54, 1.807) is 18.2 Å². The van der Waals surface area contributed by atoms with Crippen molar-refractivity contribution in [2.24, 2.45) is 0 Å². The molecule has 1 heterocycles. The lowest BCUT2D eigenvalue weighted by Crippen LogP contribution is -2.37. The van der Waals surface area contributed by atoms with Crippen molar-refractivity contribution >= 4 is 52.1 Å². The Morgan fingerprint density at radius 1 is 1.03 bits per heavy atom. The third kappa shape index (κ3) is 6.25. The van der Waals surface area contributed by atoms with Gasteiger partial charge in [-0.25, -0.2) is 0 Å². The van der Waals surface area contributed by atoms with E-state index in [0.29, 0.717) is 34.6 Å². The molecule has 9 heteroatoms. The second kappa shape index (κ2) is 9.82. The van der Waals surface area contributed by atoms with E-state index < -0.39 is 5.97 Å². The average Bonchev–Trinajstić information content (AvgIpc) is 2.67. The zero-order valence-corrected chi connectivity index (χ0v) is 17.1. The van der Waals surface area contributed by atoms with Crippen molar-refractivity contribution in [1.29, 1.82) is 0 Å². The van der Waals surface area contributed by atoms with Crippen molar-refractivity contribution in [2.45, 2.75) is 0 Å². The fourth-order valence-electron chi connectivity index (χ4n) is 3.10. The first-order valence-electron chi connectivity index (χ1n) is 9.06. The molecule has 0 bridgehead atoms. The summed E-state index contributed by atoms with van der Waals surface area (Å²) in [5.74, 6) is -1.40. The third-order valence-corrected chi connectivity index (χ3v) is 4.83. The summed E-state index contributed by atoms with van der Waals surface area (Å²) in [5.41, 5.74) is 2.12. The maximum atomic E-state index is 12.5. The monoisotopic (exact) mass is 437 g/mol. The Morgan fingerprint density at radius 2 is 1.66 bits per heavy atom. The van der Waals surface area contributed by atoms with Crippen molar-refractivity contribution < 1.29 is 19.4 Å². The number of rotatable bonds is 7. The first kappa shape index (κ1) is 21.2. The lowest BCUT2D eigenvalue weighted by Gasteiger charge is -2.29. The lowest BCUT2D eigenvalue weighted by atomic mass is 10.2. The van der Waals surface area contributed by atoms with Crippen LogP contribution in [0.15, 0.2) is 42.5 Å². The average molecular weight is 438 g/mol. The molecule has 0 unspecified atom stereocenters. The van der Waals surface area contributed by atoms with Gasteiger partial charge in [0, 0.05) is 40.2 Å². The fourth-order valence-corrected chi connectivity index (χ4v) is 3.62. The number of carbonyl (C=O) groups is 2. The van der Waals surface area contributed by atoms with Crippen molar-refractivity contribution in [1.82, 2.24) is 0 Å². The van der Waals surface area contributed by atoms with Crippen LogP contribution in [0.2, 0.25) is 10.0 Å². The minimum absolute atomic E-state index is 0.132. The summed E-state index contributed by atoms with van der Waals surface area (Å²) in [6.45, 7) is 2.54. The van der Waals surface area contributed by atoms with E-state index in [4.69, 9.17) is 27.9 Å². The van der Waals surface area contributed by atoms with Gasteiger partial charge in [0.1, 0.15) is 6.54 Å². The standard InChI is InChI=1S/C20H21Cl2N3O4/c21-14-9-15(22)11-16(10-14)23-19(26)12-25(13-20(27)28)18-3-1-17(2-4-18)24-5-7-29-8-6-24/h1-4,9-11H,5-8,12-13H2,(H,23,26)(H,27,28). The molecule has 1 amide bonds. The summed E-state index contributed by atoms with van der Waals surface area (Å²) in [5, 5.41) is 12.7. The maximum absolute atomic E-state index is 12.5. The number of anilines is 3. The molecule has 29 heavy (non-hydrogen) atoms. The van der Waals surface area contributed by atoms with Gasteiger partial charge in [0.05, 0.1) is 19.8 Å². The van der Waals surface area contributed by atoms with E-state index in [2.05, 4.69) is 10.2 Å². The summed E-state index contributed by atoms with van der Waals surface area (Å²) in [6, 6.07) is 12.2. The van der Waals surface area contributed by atoms with E-state index in [9.17, 15) is 14.7 Å². The molecule has 7 nitrogen and oxygen atoms in total. The summed E-state index contributed by atoms with van der Waals surface area (Å²) in [6.07, 6.45) is 0. The van der Waals surface area contributed by atoms with Gasteiger partial charge in [0.25, 0.3) is 0 Å². The highest BCUT2D eigenvalue weighted by molar-refractivity contribution is 6.35. The van der Waals surface area contributed by atoms with Crippen molar-refractivity contribution in [3.63, 3.8) is 0 Å². The predicted octanol–water partition coefficient (Wildman–Crippen LogP) is 3.36. The van der Waals surface area contributed by atoms with E-state index in [1.807, 2.05) is 24.3 Å². The van der Waals surface area contributed by atoms with E-state index in [0.717, 1.165) is 18.8 Å². The van der Waals surface area contributed by atoms with Crippen LogP contribution in [0.3, 0.4) is 0 Å². The Morgan fingerprint density at radius 3 is 2.24 bits per heavy atom. The number of morpholine rings is 1. The fraction of sp³-hybridized carbons (Fsp3) is 0.300. The van der Waals surface area contributed by atoms with Gasteiger partial charge in [-0.2, -0.15) is 0 Å². The number of carboxylic acid groups (broad SMARTS) is 1. The summed E-state index contributed by atoms with van der Waals surface area (Å²) in [4.78, 5) is 27.4. The first-order valence-corrected chi connectivity index (χ1v) is 9.82. The highest BCUT2D eigenvalue weighted by Crippen LogP contribution is 2.24. The number of hydrogen-bond acceptors (Lipinski definition) is 5. The molecule has 2 N–H and O–H groups in total. The van der Waals surface area contributed by atoms with Gasteiger partial charge < -0.3 is 25.0 Å². The van der Waals surface area contributed by atoms with Gasteiger partial charge in [0.2, 0.25) is 5.91 Å². The van der Waals surface area contributed by atoms with Crippen molar-refractivity contribution in [3.05, 3.63) is 52.5 Å². The van der Waals surface area contributed by atoms with Gasteiger partial charge in [-0.05, 0) is 42.5 Å². The Kier molecular flexibility index (Phi) is 7.19. The van der Waals surface area contributed by atoms with Gasteiger partial charge in [-0.3, -0.25) is 9.59 Å². The van der Waals surface area contributed by atoms with E-state index in [1.165, 1.54) is 4.90 Å². The maximum Gasteiger partial charge on any atom is 0.323 e. The molecule has 0 atom stereocenters. The molecule has 1 fully saturated rings. The Labute approximate surface area is 178 Å². The minimum Gasteiger partial charge on any atom is -0.480 e. The van der Waals surface area contributed by atoms with Crippen LogP contribution >= 0.6 is 23.2 Å². The number of carboxylic acids is 1. The Bertz CT molecular complexity index is 850. The van der Waals surface area contributed by atoms with Crippen LogP contribution in [0.5, 0.6) is 0 Å². The predicted molar refractivity (Wildman–Crippen MR) is 114 cm³/mol. The second-order valence-corrected chi connectivity index (χ2v) is 7.44. The Hall–Kier alpha value is -2.48. The number of nitrogens with zero attached hydrogens (tertiary/aromatic N) is 2. The van der Waals surface area contributed by atoms with Crippen LogP contribution in [0, 0.1) is 0 Å². The number of benzene rings is 2. The molecule has 0 spiro atoms. The summed E-state index contributed by atoms with van der Waals surface area (Å²) >= 11 is 11.9. The van der Waals surface area contributed by atoms with Crippen LogP contribution in [-0.2, 0) is 14.3 Å². The second-order valence-electron chi connectivity index (χ2n) is 6.57. The quantitative estimate of drug-likeness (QED) is 0.690. The number of hydrogen-bond donors (Lipinski definition) is 2. The Balaban J connectivity index is 1.69. The number of nitrogens with one attached hydrogen (secondary N) is 1. The highest BCUT2D eigenvalue weighted by atomic mass is 35.5. The number of amides is 1. The molecular formula is C20H21Cl2N3O4. The van der Waals surface area contributed by atoms with Crippen LogP contribution in [-0.4, -0.2) is 56.4 Å². The molecule has 3 rings (SSSR count). The highest BCUT2D eigenvalue weighted by Gasteiger charge is 2.17. The van der Waals surface area contributed by atoms with E-state index >= 15 is 0 Å². The van der Waals surface area contributed by atoms with Crippen LogP contribution in [0.1, 0.15) is 0 Å². The van der Waals surface area contributed by atoms with Crippen molar-refractivity contribution in [3.8, 4) is 0 Å². The SMILES string of the molecule is O=C(O)CN(CC(=O)Nc1cc(Cl)cc(Cl)c1)c1ccc(N2CCOCC2)cc1. The van der Waals surface area contributed by atoms with Crippen LogP contribution < -0.4 is 15.1 Å². The smallest absolute Gasteiger partial charge is 0.323 e. The van der Waals surface area contributed by atoms with Gasteiger partial charge in [0.15, 0.2) is 0 Å². The van der Waals surface area contributed by atoms with E-state index in [-0.39, 0.29) is 19.0 Å². The summed E-state index contributed by atoms with van der Waals surface area (Å²) < 4.78 is 5.36. The third-order valence-electron chi connectivity index (χ3n) is 4.40. The molecule has 0 saturated carbocycles. The molecule has 2 aromatic carbocycles. The number of aliphatic carboxylic acids is 1. The van der Waals surface area contributed by atoms with Crippen LogP contribution in [0.25, 0.3) is 0 Å². The molecule has 2 aromatic rings.